The number of hydrogen-bond acceptors (Lipinski definition) is 8. The van der Waals surface area contributed by atoms with Gasteiger partial charge in [-0.25, -0.2) is 37.1 Å². The highest BCUT2D eigenvalue weighted by molar-refractivity contribution is 8.14. The summed E-state index contributed by atoms with van der Waals surface area (Å²) in [6.45, 7) is 5.59. The largest absolute Gasteiger partial charge is 0.465 e. The van der Waals surface area contributed by atoms with Crippen molar-refractivity contribution in [3.05, 3.63) is 50.6 Å². The van der Waals surface area contributed by atoms with Crippen LogP contribution < -0.4 is 0 Å². The maximum Gasteiger partial charge on any atom is 0.434 e. The molecule has 2 aromatic heterocycles. The highest BCUT2D eigenvalue weighted by Gasteiger charge is 2.45. The predicted octanol–water partition coefficient (Wildman–Crippen LogP) is 8.29. The Morgan fingerprint density at radius 3 is 1.40 bits per heavy atom. The third-order valence-corrected chi connectivity index (χ3v) is 6.99. The molecule has 0 aliphatic carbocycles. The lowest BCUT2D eigenvalue weighted by Crippen LogP contribution is -2.25. The Labute approximate surface area is 254 Å². The minimum atomic E-state index is -5.65. The first kappa shape index (κ1) is 37.7. The summed E-state index contributed by atoms with van der Waals surface area (Å²) < 4.78 is 150. The van der Waals surface area contributed by atoms with Gasteiger partial charge in [-0.05, 0) is 47.6 Å². The summed E-state index contributed by atoms with van der Waals surface area (Å²) in [5.41, 5.74) is -13.3. The van der Waals surface area contributed by atoms with Crippen molar-refractivity contribution in [3.8, 4) is 0 Å². The van der Waals surface area contributed by atoms with Gasteiger partial charge in [0, 0.05) is 0 Å². The number of ether oxygens (including phenoxy) is 2. The summed E-state index contributed by atoms with van der Waals surface area (Å²) in [5.74, 6) is -4.58. The number of aromatic nitrogens is 2. The molecule has 2 heterocycles. The van der Waals surface area contributed by atoms with Crippen LogP contribution in [-0.4, -0.2) is 41.2 Å². The Morgan fingerprint density at radius 1 is 0.667 bits per heavy atom. The van der Waals surface area contributed by atoms with E-state index in [1.54, 1.807) is 0 Å². The molecule has 0 atom stereocenters. The lowest BCUT2D eigenvalue weighted by molar-refractivity contribution is -0.144. The molecule has 0 amide bonds. The number of carbonyl (C=O) groups excluding carboxylic acids is 3. The van der Waals surface area contributed by atoms with Gasteiger partial charge >= 0.3 is 24.3 Å². The maximum atomic E-state index is 14.3. The average Bonchev–Trinajstić information content (AvgIpc) is 2.89. The Balaban J connectivity index is 3.19. The Kier molecular flexibility index (Phi) is 12.0. The average molecular weight is 681 g/mol. The first-order valence-corrected chi connectivity index (χ1v) is 13.6. The Morgan fingerprint density at radius 2 is 1.04 bits per heavy atom. The molecule has 18 heteroatoms. The van der Waals surface area contributed by atoms with Crippen molar-refractivity contribution < 1.29 is 67.8 Å². The smallest absolute Gasteiger partial charge is 0.434 e. The summed E-state index contributed by atoms with van der Waals surface area (Å²) in [7, 11) is 1.44. The molecular weight excluding hydrogens is 654 g/mol. The van der Waals surface area contributed by atoms with Gasteiger partial charge in [0.05, 0.1) is 35.8 Å². The molecule has 250 valence electrons. The number of pyridine rings is 2. The van der Waals surface area contributed by atoms with E-state index in [1.807, 2.05) is 0 Å². The number of hydrogen-bond donors (Lipinski definition) is 0. The summed E-state index contributed by atoms with van der Waals surface area (Å²) >= 11 is -0.559. The SMILES string of the molecule is COC(=O)c1c(C(F)F)nc(C(F)(F)F)c(SC(=O)c2c(C(F)(F)F)nc(C(F)F)c(C(=O)OC)c2CC(C)C)c1CC(C)C. The second kappa shape index (κ2) is 14.3. The molecule has 0 aliphatic heterocycles. The first-order valence-electron chi connectivity index (χ1n) is 12.8. The number of methoxy groups -OCH3 is 2. The Bertz CT molecular complexity index is 1460. The van der Waals surface area contributed by atoms with Gasteiger partial charge in [0.1, 0.15) is 11.4 Å². The number of alkyl halides is 10. The van der Waals surface area contributed by atoms with Crippen LogP contribution >= 0.6 is 11.8 Å². The zero-order valence-electron chi connectivity index (χ0n) is 24.3. The summed E-state index contributed by atoms with van der Waals surface area (Å²) in [6.07, 6.45) is -20.0. The van der Waals surface area contributed by atoms with Gasteiger partial charge in [-0.3, -0.25) is 4.79 Å². The van der Waals surface area contributed by atoms with Gasteiger partial charge in [0.15, 0.2) is 11.4 Å². The van der Waals surface area contributed by atoms with Crippen LogP contribution in [0.4, 0.5) is 43.9 Å². The fourth-order valence-corrected chi connectivity index (χ4v) is 5.43. The molecule has 2 aromatic rings. The van der Waals surface area contributed by atoms with E-state index in [9.17, 15) is 58.3 Å². The molecule has 0 unspecified atom stereocenters. The molecule has 0 radical (unpaired) electrons. The van der Waals surface area contributed by atoms with Crippen molar-refractivity contribution in [2.75, 3.05) is 14.2 Å². The molecular formula is C27H26F10N2O5S. The van der Waals surface area contributed by atoms with Crippen LogP contribution in [0.5, 0.6) is 0 Å². The number of thioether (sulfide) groups is 1. The van der Waals surface area contributed by atoms with Crippen LogP contribution in [0.2, 0.25) is 0 Å². The second-order valence-electron chi connectivity index (χ2n) is 10.3. The standard InChI is InChI=1S/C27H26F10N2O5S/c1-9(2)7-11-13(23(40)43-5)16(21(28)29)38-19(26(32,33)34)15(11)25(42)45-18-12(8-10(3)4)14(24(41)44-6)17(22(30)31)39-20(18)27(35,36)37/h9-10,21-22H,7-8H2,1-6H3. The van der Waals surface area contributed by atoms with E-state index in [2.05, 4.69) is 19.4 Å². The molecule has 45 heavy (non-hydrogen) atoms. The van der Waals surface area contributed by atoms with E-state index in [4.69, 9.17) is 0 Å². The van der Waals surface area contributed by atoms with Gasteiger partial charge in [0.25, 0.3) is 12.9 Å². The third kappa shape index (κ3) is 8.43. The van der Waals surface area contributed by atoms with Gasteiger partial charge in [-0.2, -0.15) is 26.3 Å². The van der Waals surface area contributed by atoms with Crippen molar-refractivity contribution in [1.82, 2.24) is 9.97 Å². The van der Waals surface area contributed by atoms with E-state index >= 15 is 0 Å². The summed E-state index contributed by atoms with van der Waals surface area (Å²) in [5, 5.41) is -1.88. The fourth-order valence-electron chi connectivity index (χ4n) is 4.35. The third-order valence-electron chi connectivity index (χ3n) is 5.96. The highest BCUT2D eigenvalue weighted by atomic mass is 32.2. The van der Waals surface area contributed by atoms with Gasteiger partial charge in [-0.15, -0.1) is 0 Å². The lowest BCUT2D eigenvalue weighted by Gasteiger charge is -2.24. The van der Waals surface area contributed by atoms with E-state index in [0.717, 1.165) is 7.11 Å². The van der Waals surface area contributed by atoms with Gasteiger partial charge < -0.3 is 9.47 Å². The Hall–Kier alpha value is -3.44. The molecule has 0 spiro atoms. The van der Waals surface area contributed by atoms with E-state index in [-0.39, 0.29) is 0 Å². The van der Waals surface area contributed by atoms with Gasteiger partial charge in [-0.1, -0.05) is 27.7 Å². The van der Waals surface area contributed by atoms with E-state index in [0.29, 0.717) is 7.11 Å². The minimum Gasteiger partial charge on any atom is -0.465 e. The number of rotatable bonds is 10. The van der Waals surface area contributed by atoms with Crippen molar-refractivity contribution in [2.24, 2.45) is 11.8 Å². The zero-order valence-corrected chi connectivity index (χ0v) is 25.2. The molecule has 7 nitrogen and oxygen atoms in total. The van der Waals surface area contributed by atoms with E-state index in [1.165, 1.54) is 27.7 Å². The molecule has 0 bridgehead atoms. The van der Waals surface area contributed by atoms with Crippen molar-refractivity contribution in [1.29, 1.82) is 0 Å². The predicted molar refractivity (Wildman–Crippen MR) is 138 cm³/mol. The van der Waals surface area contributed by atoms with Crippen molar-refractivity contribution in [2.45, 2.75) is 70.6 Å². The number of esters is 2. The fraction of sp³-hybridized carbons (Fsp3) is 0.519. The quantitative estimate of drug-likeness (QED) is 0.141. The summed E-state index contributed by atoms with van der Waals surface area (Å²) in [4.78, 5) is 43.4. The van der Waals surface area contributed by atoms with Crippen molar-refractivity contribution in [3.63, 3.8) is 0 Å². The molecule has 0 N–H and O–H groups in total. The molecule has 0 aliphatic rings. The first-order chi connectivity index (χ1) is 20.6. The van der Waals surface area contributed by atoms with Crippen LogP contribution in [0.1, 0.15) is 106 Å². The van der Waals surface area contributed by atoms with Crippen LogP contribution in [0.25, 0.3) is 0 Å². The van der Waals surface area contributed by atoms with Crippen LogP contribution in [-0.2, 0) is 34.7 Å². The summed E-state index contributed by atoms with van der Waals surface area (Å²) in [6, 6.07) is 0. The monoisotopic (exact) mass is 680 g/mol. The zero-order chi connectivity index (χ0) is 34.8. The molecule has 0 saturated heterocycles. The molecule has 0 aromatic carbocycles. The minimum absolute atomic E-state index is 0.559. The number of nitrogens with zero attached hydrogens (tertiary/aromatic N) is 2. The molecule has 2 rings (SSSR count). The lowest BCUT2D eigenvalue weighted by atomic mass is 9.91. The number of carbonyl (C=O) groups is 3. The number of halogens is 10. The maximum absolute atomic E-state index is 14.3. The molecule has 0 fully saturated rings. The second-order valence-corrected chi connectivity index (χ2v) is 11.3. The van der Waals surface area contributed by atoms with Crippen LogP contribution in [0.15, 0.2) is 4.90 Å². The molecule has 0 saturated carbocycles. The van der Waals surface area contributed by atoms with Crippen molar-refractivity contribution >= 4 is 28.8 Å². The topological polar surface area (TPSA) is 95.5 Å². The van der Waals surface area contributed by atoms with Crippen LogP contribution in [0, 0.1) is 11.8 Å². The normalized spacial score (nSPS) is 12.4. The highest BCUT2D eigenvalue weighted by Crippen LogP contribution is 2.45. The van der Waals surface area contributed by atoms with Crippen LogP contribution in [0.3, 0.4) is 0 Å². The van der Waals surface area contributed by atoms with E-state index < -0.39 is 134 Å². The van der Waals surface area contributed by atoms with Gasteiger partial charge in [0.2, 0.25) is 5.12 Å².